The zero-order chi connectivity index (χ0) is 17.4. The smallest absolute Gasteiger partial charge is 0.253 e. The molecule has 4 heteroatoms. The summed E-state index contributed by atoms with van der Waals surface area (Å²) < 4.78 is 5.46. The molecule has 132 valence electrons. The SMILES string of the molecule is COC[C@@H]1CN(C)C[C@]12CCN(C(=O)c1ccc3ccccc3c1)C2. The molecule has 0 aromatic heterocycles. The van der Waals surface area contributed by atoms with Crippen molar-refractivity contribution in [1.29, 1.82) is 0 Å². The van der Waals surface area contributed by atoms with Crippen LogP contribution in [0.2, 0.25) is 0 Å². The Hall–Kier alpha value is -1.91. The summed E-state index contributed by atoms with van der Waals surface area (Å²) in [5.41, 5.74) is 0.988. The fourth-order valence-corrected chi connectivity index (χ4v) is 4.77. The minimum atomic E-state index is 0.161. The Kier molecular flexibility index (Phi) is 4.26. The van der Waals surface area contributed by atoms with Crippen LogP contribution in [0.25, 0.3) is 10.8 Å². The Balaban J connectivity index is 1.55. The van der Waals surface area contributed by atoms with Crippen molar-refractivity contribution < 1.29 is 9.53 Å². The first-order valence-electron chi connectivity index (χ1n) is 9.07. The highest BCUT2D eigenvalue weighted by molar-refractivity contribution is 5.98. The lowest BCUT2D eigenvalue weighted by Crippen LogP contribution is -2.38. The van der Waals surface area contributed by atoms with E-state index in [1.807, 2.05) is 35.2 Å². The molecular formula is C21H26N2O2. The number of likely N-dealkylation sites (tertiary alicyclic amines) is 2. The molecule has 1 amide bonds. The highest BCUT2D eigenvalue weighted by Crippen LogP contribution is 2.43. The van der Waals surface area contributed by atoms with Crippen LogP contribution < -0.4 is 0 Å². The highest BCUT2D eigenvalue weighted by Gasteiger charge is 2.50. The summed E-state index contributed by atoms with van der Waals surface area (Å²) in [5.74, 6) is 0.672. The van der Waals surface area contributed by atoms with Crippen LogP contribution in [-0.4, -0.2) is 62.7 Å². The molecule has 2 saturated heterocycles. The lowest BCUT2D eigenvalue weighted by atomic mass is 9.77. The third-order valence-corrected chi connectivity index (χ3v) is 6.02. The molecule has 2 fully saturated rings. The molecule has 2 atom stereocenters. The predicted octanol–water partition coefficient (Wildman–Crippen LogP) is 2.88. The van der Waals surface area contributed by atoms with E-state index in [9.17, 15) is 4.79 Å². The number of methoxy groups -OCH3 is 1. The third kappa shape index (κ3) is 2.94. The molecule has 0 N–H and O–H groups in total. The molecule has 25 heavy (non-hydrogen) atoms. The summed E-state index contributed by atoms with van der Waals surface area (Å²) in [6.07, 6.45) is 1.07. The first-order valence-corrected chi connectivity index (χ1v) is 9.07. The molecule has 2 aromatic rings. The van der Waals surface area contributed by atoms with E-state index in [4.69, 9.17) is 4.74 Å². The first kappa shape index (κ1) is 16.6. The van der Waals surface area contributed by atoms with Crippen LogP contribution in [0.3, 0.4) is 0 Å². The second kappa shape index (κ2) is 6.43. The van der Waals surface area contributed by atoms with Crippen molar-refractivity contribution in [2.45, 2.75) is 6.42 Å². The summed E-state index contributed by atoms with van der Waals surface area (Å²) in [4.78, 5) is 17.5. The zero-order valence-corrected chi connectivity index (χ0v) is 15.1. The van der Waals surface area contributed by atoms with Gasteiger partial charge in [0.2, 0.25) is 0 Å². The number of hydrogen-bond donors (Lipinski definition) is 0. The molecule has 1 spiro atoms. The number of rotatable bonds is 3. The number of benzene rings is 2. The van der Waals surface area contributed by atoms with Gasteiger partial charge in [0.05, 0.1) is 6.61 Å². The Morgan fingerprint density at radius 2 is 2.00 bits per heavy atom. The highest BCUT2D eigenvalue weighted by atomic mass is 16.5. The molecule has 2 aliphatic rings. The largest absolute Gasteiger partial charge is 0.384 e. The molecule has 4 rings (SSSR count). The Morgan fingerprint density at radius 3 is 2.80 bits per heavy atom. The van der Waals surface area contributed by atoms with Crippen LogP contribution in [0, 0.1) is 11.3 Å². The van der Waals surface area contributed by atoms with Gasteiger partial charge in [-0.3, -0.25) is 4.79 Å². The normalized spacial score (nSPS) is 26.8. The van der Waals surface area contributed by atoms with Crippen molar-refractivity contribution in [2.75, 3.05) is 46.9 Å². The van der Waals surface area contributed by atoms with E-state index in [1.54, 1.807) is 7.11 Å². The van der Waals surface area contributed by atoms with Crippen LogP contribution in [0.1, 0.15) is 16.8 Å². The van der Waals surface area contributed by atoms with Gasteiger partial charge in [-0.15, -0.1) is 0 Å². The van der Waals surface area contributed by atoms with Gasteiger partial charge in [0.25, 0.3) is 5.91 Å². The average Bonchev–Trinajstić information content (AvgIpc) is 3.18. The van der Waals surface area contributed by atoms with Crippen LogP contribution in [0.15, 0.2) is 42.5 Å². The molecule has 0 saturated carbocycles. The molecule has 0 aliphatic carbocycles. The fraction of sp³-hybridized carbons (Fsp3) is 0.476. The summed E-state index contributed by atoms with van der Waals surface area (Å²) in [5, 5.41) is 2.30. The van der Waals surface area contributed by atoms with Crippen LogP contribution in [0.4, 0.5) is 0 Å². The van der Waals surface area contributed by atoms with Gasteiger partial charge in [-0.05, 0) is 36.4 Å². The maximum Gasteiger partial charge on any atom is 0.253 e. The maximum absolute atomic E-state index is 13.1. The van der Waals surface area contributed by atoms with Crippen LogP contribution in [-0.2, 0) is 4.74 Å². The van der Waals surface area contributed by atoms with Gasteiger partial charge in [-0.2, -0.15) is 0 Å². The van der Waals surface area contributed by atoms with Crippen molar-refractivity contribution in [3.8, 4) is 0 Å². The fourth-order valence-electron chi connectivity index (χ4n) is 4.77. The van der Waals surface area contributed by atoms with Crippen molar-refractivity contribution in [1.82, 2.24) is 9.80 Å². The van der Waals surface area contributed by atoms with E-state index < -0.39 is 0 Å². The van der Waals surface area contributed by atoms with Gasteiger partial charge in [0.15, 0.2) is 0 Å². The van der Waals surface area contributed by atoms with Gasteiger partial charge >= 0.3 is 0 Å². The summed E-state index contributed by atoms with van der Waals surface area (Å²) in [7, 11) is 3.95. The van der Waals surface area contributed by atoms with Gasteiger partial charge < -0.3 is 14.5 Å². The van der Waals surface area contributed by atoms with Gasteiger partial charge in [-0.25, -0.2) is 0 Å². The third-order valence-electron chi connectivity index (χ3n) is 6.02. The van der Waals surface area contributed by atoms with Crippen molar-refractivity contribution in [3.05, 3.63) is 48.0 Å². The van der Waals surface area contributed by atoms with Crippen molar-refractivity contribution in [2.24, 2.45) is 11.3 Å². The predicted molar refractivity (Wildman–Crippen MR) is 99.8 cm³/mol. The first-order chi connectivity index (χ1) is 12.1. The lowest BCUT2D eigenvalue weighted by molar-refractivity contribution is 0.0716. The quantitative estimate of drug-likeness (QED) is 0.863. The molecule has 2 heterocycles. The molecule has 0 radical (unpaired) electrons. The van der Waals surface area contributed by atoms with Gasteiger partial charge in [-0.1, -0.05) is 30.3 Å². The van der Waals surface area contributed by atoms with Crippen molar-refractivity contribution in [3.63, 3.8) is 0 Å². The van der Waals surface area contributed by atoms with Crippen molar-refractivity contribution >= 4 is 16.7 Å². The molecule has 0 bridgehead atoms. The monoisotopic (exact) mass is 338 g/mol. The summed E-state index contributed by atoms with van der Waals surface area (Å²) in [6, 6.07) is 14.2. The number of carbonyl (C=O) groups excluding carboxylic acids is 1. The van der Waals surface area contributed by atoms with Gasteiger partial charge in [0, 0.05) is 50.2 Å². The Morgan fingerprint density at radius 1 is 1.20 bits per heavy atom. The Bertz CT molecular complexity index is 790. The summed E-state index contributed by atoms with van der Waals surface area (Å²) >= 11 is 0. The van der Waals surface area contributed by atoms with Gasteiger partial charge in [0.1, 0.15) is 0 Å². The Labute approximate surface area is 149 Å². The summed E-state index contributed by atoms with van der Waals surface area (Å²) in [6.45, 7) is 4.59. The molecule has 2 aliphatic heterocycles. The minimum absolute atomic E-state index is 0.161. The van der Waals surface area contributed by atoms with Crippen LogP contribution >= 0.6 is 0 Å². The molecule has 2 aromatic carbocycles. The number of fused-ring (bicyclic) bond motifs is 1. The van der Waals surface area contributed by atoms with E-state index in [0.717, 1.165) is 50.2 Å². The molecule has 4 nitrogen and oxygen atoms in total. The number of amides is 1. The molecular weight excluding hydrogens is 312 g/mol. The second-order valence-corrected chi connectivity index (χ2v) is 7.75. The van der Waals surface area contributed by atoms with E-state index in [2.05, 4.69) is 24.1 Å². The standard InChI is InChI=1S/C21H26N2O2/c1-22-12-19(13-25-2)21(14-22)9-10-23(15-21)20(24)18-8-7-16-5-3-4-6-17(16)11-18/h3-8,11,19H,9-10,12-15H2,1-2H3/t19-,21-/m0/s1. The second-order valence-electron chi connectivity index (χ2n) is 7.75. The maximum atomic E-state index is 13.1. The van der Waals surface area contributed by atoms with E-state index in [0.29, 0.717) is 5.92 Å². The number of hydrogen-bond acceptors (Lipinski definition) is 3. The number of ether oxygens (including phenoxy) is 1. The minimum Gasteiger partial charge on any atom is -0.384 e. The lowest BCUT2D eigenvalue weighted by Gasteiger charge is -2.30. The van der Waals surface area contributed by atoms with E-state index in [1.165, 1.54) is 5.39 Å². The topological polar surface area (TPSA) is 32.8 Å². The number of nitrogens with zero attached hydrogens (tertiary/aromatic N) is 2. The van der Waals surface area contributed by atoms with E-state index in [-0.39, 0.29) is 11.3 Å². The number of carbonyl (C=O) groups is 1. The zero-order valence-electron chi connectivity index (χ0n) is 15.1. The van der Waals surface area contributed by atoms with Crippen LogP contribution in [0.5, 0.6) is 0 Å². The average molecular weight is 338 g/mol. The van der Waals surface area contributed by atoms with E-state index >= 15 is 0 Å². The molecule has 0 unspecified atom stereocenters.